The maximum atomic E-state index is 12.3. The summed E-state index contributed by atoms with van der Waals surface area (Å²) in [5.41, 5.74) is 2.89. The third kappa shape index (κ3) is 4.44. The molecule has 4 rings (SSSR count). The van der Waals surface area contributed by atoms with Gasteiger partial charge in [0, 0.05) is 27.8 Å². The van der Waals surface area contributed by atoms with E-state index in [1.807, 2.05) is 41.8 Å². The second-order valence-corrected chi connectivity index (χ2v) is 7.58. The Bertz CT molecular complexity index is 1120. The Morgan fingerprint density at radius 1 is 1.00 bits per heavy atom. The second kappa shape index (κ2) is 8.33. The molecule has 0 bridgehead atoms. The molecule has 138 valence electrons. The minimum absolute atomic E-state index is 0.412. The number of carbonyl (C=O) groups excluding carboxylic acids is 1. The third-order valence-corrected chi connectivity index (χ3v) is 5.04. The third-order valence-electron chi connectivity index (χ3n) is 3.79. The normalized spacial score (nSPS) is 10.5. The van der Waals surface area contributed by atoms with Gasteiger partial charge in [0.05, 0.1) is 11.3 Å². The molecule has 1 N–H and O–H groups in total. The number of carbonyl (C=O) groups is 1. The van der Waals surface area contributed by atoms with E-state index in [0.29, 0.717) is 11.3 Å². The number of anilines is 2. The summed E-state index contributed by atoms with van der Waals surface area (Å²) in [5.74, 6) is 0.0432. The molecule has 2 aromatic carbocycles. The highest BCUT2D eigenvalue weighted by atomic mass is 79.9. The van der Waals surface area contributed by atoms with Crippen LogP contribution >= 0.6 is 27.3 Å². The standard InChI is InChI=1S/C21H14BrN3O2S/c22-15-6-3-5-14(11-15)20(26)27-17-8-4-7-16(12-17)24-21-25-19(13-28-21)18-9-1-2-10-23-18/h1-13H,(H,24,25). The molecular weight excluding hydrogens is 438 g/mol. The fourth-order valence-electron chi connectivity index (χ4n) is 2.51. The summed E-state index contributed by atoms with van der Waals surface area (Å²) in [6, 6.07) is 20.0. The van der Waals surface area contributed by atoms with E-state index in [1.165, 1.54) is 11.3 Å². The Labute approximate surface area is 174 Å². The van der Waals surface area contributed by atoms with Gasteiger partial charge in [-0.15, -0.1) is 11.3 Å². The molecular formula is C21H14BrN3O2S. The van der Waals surface area contributed by atoms with Crippen molar-refractivity contribution in [2.45, 2.75) is 0 Å². The smallest absolute Gasteiger partial charge is 0.343 e. The largest absolute Gasteiger partial charge is 0.423 e. The van der Waals surface area contributed by atoms with E-state index in [0.717, 1.165) is 26.7 Å². The Balaban J connectivity index is 1.47. The van der Waals surface area contributed by atoms with Crippen LogP contribution in [0.3, 0.4) is 0 Å². The van der Waals surface area contributed by atoms with E-state index in [4.69, 9.17) is 4.74 Å². The topological polar surface area (TPSA) is 64.1 Å². The Kier molecular flexibility index (Phi) is 5.45. The lowest BCUT2D eigenvalue weighted by atomic mass is 10.2. The predicted octanol–water partition coefficient (Wildman–Crippen LogP) is 5.93. The lowest BCUT2D eigenvalue weighted by molar-refractivity contribution is 0.0735. The molecule has 0 radical (unpaired) electrons. The van der Waals surface area contributed by atoms with E-state index in [9.17, 15) is 4.79 Å². The number of nitrogens with zero attached hydrogens (tertiary/aromatic N) is 2. The van der Waals surface area contributed by atoms with Crippen LogP contribution in [-0.2, 0) is 0 Å². The van der Waals surface area contributed by atoms with Crippen molar-refractivity contribution in [2.24, 2.45) is 0 Å². The van der Waals surface area contributed by atoms with Crippen LogP contribution in [0.25, 0.3) is 11.4 Å². The first-order valence-electron chi connectivity index (χ1n) is 8.39. The predicted molar refractivity (Wildman–Crippen MR) is 114 cm³/mol. The van der Waals surface area contributed by atoms with Gasteiger partial charge in [-0.05, 0) is 42.5 Å². The second-order valence-electron chi connectivity index (χ2n) is 5.81. The molecule has 0 amide bonds. The van der Waals surface area contributed by atoms with Gasteiger partial charge in [0.2, 0.25) is 0 Å². The fraction of sp³-hybridized carbons (Fsp3) is 0. The number of thiazole rings is 1. The number of pyridine rings is 1. The van der Waals surface area contributed by atoms with Gasteiger partial charge >= 0.3 is 5.97 Å². The minimum Gasteiger partial charge on any atom is -0.423 e. The Morgan fingerprint density at radius 2 is 1.89 bits per heavy atom. The summed E-state index contributed by atoms with van der Waals surface area (Å²) >= 11 is 4.84. The molecule has 0 spiro atoms. The lowest BCUT2D eigenvalue weighted by Gasteiger charge is -2.07. The molecule has 0 aliphatic carbocycles. The van der Waals surface area contributed by atoms with Crippen LogP contribution in [0.5, 0.6) is 5.75 Å². The number of rotatable bonds is 5. The number of benzene rings is 2. The SMILES string of the molecule is O=C(Oc1cccc(Nc2nc(-c3ccccn3)cs2)c1)c1cccc(Br)c1. The first kappa shape index (κ1) is 18.3. The van der Waals surface area contributed by atoms with Crippen LogP contribution in [0.4, 0.5) is 10.8 Å². The van der Waals surface area contributed by atoms with Crippen molar-refractivity contribution in [1.29, 1.82) is 0 Å². The molecule has 0 saturated heterocycles. The van der Waals surface area contributed by atoms with Gasteiger partial charge in [-0.2, -0.15) is 0 Å². The number of halogens is 1. The lowest BCUT2D eigenvalue weighted by Crippen LogP contribution is -2.08. The first-order valence-corrected chi connectivity index (χ1v) is 10.1. The molecule has 0 atom stereocenters. The quantitative estimate of drug-likeness (QED) is 0.300. The van der Waals surface area contributed by atoms with Crippen molar-refractivity contribution in [2.75, 3.05) is 5.32 Å². The van der Waals surface area contributed by atoms with Crippen LogP contribution in [0, 0.1) is 0 Å². The van der Waals surface area contributed by atoms with Crippen molar-refractivity contribution >= 4 is 44.1 Å². The maximum absolute atomic E-state index is 12.3. The molecule has 0 fully saturated rings. The maximum Gasteiger partial charge on any atom is 0.343 e. The van der Waals surface area contributed by atoms with Crippen LogP contribution < -0.4 is 10.1 Å². The molecule has 0 aliphatic heterocycles. The molecule has 0 unspecified atom stereocenters. The van der Waals surface area contributed by atoms with Gasteiger partial charge in [-0.25, -0.2) is 9.78 Å². The van der Waals surface area contributed by atoms with Gasteiger partial charge in [0.25, 0.3) is 0 Å². The van der Waals surface area contributed by atoms with Gasteiger partial charge in [-0.1, -0.05) is 34.1 Å². The molecule has 0 saturated carbocycles. The number of nitrogens with one attached hydrogen (secondary N) is 1. The highest BCUT2D eigenvalue weighted by Gasteiger charge is 2.10. The van der Waals surface area contributed by atoms with Gasteiger partial charge in [-0.3, -0.25) is 4.98 Å². The summed E-state index contributed by atoms with van der Waals surface area (Å²) in [4.78, 5) is 21.2. The Hall–Kier alpha value is -3.03. The Morgan fingerprint density at radius 3 is 2.71 bits per heavy atom. The molecule has 0 aliphatic rings. The summed E-state index contributed by atoms with van der Waals surface area (Å²) in [6.45, 7) is 0. The minimum atomic E-state index is -0.412. The van der Waals surface area contributed by atoms with Gasteiger partial charge in [0.15, 0.2) is 5.13 Å². The van der Waals surface area contributed by atoms with E-state index >= 15 is 0 Å². The van der Waals surface area contributed by atoms with Crippen molar-refractivity contribution in [3.05, 3.63) is 88.3 Å². The number of aromatic nitrogens is 2. The summed E-state index contributed by atoms with van der Waals surface area (Å²) in [7, 11) is 0. The molecule has 2 heterocycles. The molecule has 4 aromatic rings. The van der Waals surface area contributed by atoms with Crippen LogP contribution in [0.2, 0.25) is 0 Å². The summed E-state index contributed by atoms with van der Waals surface area (Å²) in [6.07, 6.45) is 1.74. The van der Waals surface area contributed by atoms with E-state index in [1.54, 1.807) is 36.5 Å². The number of hydrogen-bond acceptors (Lipinski definition) is 6. The van der Waals surface area contributed by atoms with Crippen LogP contribution in [0.15, 0.2) is 82.8 Å². The zero-order valence-electron chi connectivity index (χ0n) is 14.5. The average molecular weight is 452 g/mol. The number of ether oxygens (including phenoxy) is 1. The summed E-state index contributed by atoms with van der Waals surface area (Å²) < 4.78 is 6.31. The van der Waals surface area contributed by atoms with Crippen molar-refractivity contribution in [3.8, 4) is 17.1 Å². The highest BCUT2D eigenvalue weighted by Crippen LogP contribution is 2.27. The van der Waals surface area contributed by atoms with Crippen LogP contribution in [0.1, 0.15) is 10.4 Å². The zero-order chi connectivity index (χ0) is 19.3. The average Bonchev–Trinajstić information content (AvgIpc) is 3.17. The van der Waals surface area contributed by atoms with Crippen molar-refractivity contribution in [1.82, 2.24) is 9.97 Å². The van der Waals surface area contributed by atoms with Crippen LogP contribution in [-0.4, -0.2) is 15.9 Å². The van der Waals surface area contributed by atoms with E-state index in [-0.39, 0.29) is 0 Å². The highest BCUT2D eigenvalue weighted by molar-refractivity contribution is 9.10. The number of esters is 1. The van der Waals surface area contributed by atoms with E-state index < -0.39 is 5.97 Å². The van der Waals surface area contributed by atoms with Gasteiger partial charge < -0.3 is 10.1 Å². The van der Waals surface area contributed by atoms with Crippen molar-refractivity contribution < 1.29 is 9.53 Å². The molecule has 28 heavy (non-hydrogen) atoms. The molecule has 2 aromatic heterocycles. The fourth-order valence-corrected chi connectivity index (χ4v) is 3.63. The van der Waals surface area contributed by atoms with Crippen molar-refractivity contribution in [3.63, 3.8) is 0 Å². The summed E-state index contributed by atoms with van der Waals surface area (Å²) in [5, 5.41) is 5.92. The first-order chi connectivity index (χ1) is 13.7. The zero-order valence-corrected chi connectivity index (χ0v) is 16.9. The van der Waals surface area contributed by atoms with E-state index in [2.05, 4.69) is 31.2 Å². The number of hydrogen-bond donors (Lipinski definition) is 1. The molecule has 5 nitrogen and oxygen atoms in total. The molecule has 7 heteroatoms. The van der Waals surface area contributed by atoms with Gasteiger partial charge in [0.1, 0.15) is 11.4 Å². The monoisotopic (exact) mass is 451 g/mol.